The Bertz CT molecular complexity index is 1210. The van der Waals surface area contributed by atoms with Crippen LogP contribution in [-0.4, -0.2) is 30.9 Å². The molecule has 0 aliphatic carbocycles. The van der Waals surface area contributed by atoms with Crippen LogP contribution in [0.4, 0.5) is 5.69 Å². The first-order valence-electron chi connectivity index (χ1n) is 10.1. The Kier molecular flexibility index (Phi) is 6.53. The number of hydrogen-bond donors (Lipinski definition) is 2. The standard InChI is InChI=1S/C22H23N5O2S2/c1-3-12-27-21(29)25-26-22(27)30-14(2)20(28)23-16-10-8-15(9-11-16)13-19-24-17-6-4-5-7-18(17)31-19/h4-11,14H,3,12-13H2,1-2H3,(H,23,28)(H,25,29). The molecule has 0 saturated carbocycles. The van der Waals surface area contributed by atoms with Gasteiger partial charge in [0.25, 0.3) is 0 Å². The van der Waals surface area contributed by atoms with Crippen molar-refractivity contribution in [3.8, 4) is 0 Å². The molecule has 1 atom stereocenters. The first-order valence-corrected chi connectivity index (χ1v) is 11.8. The predicted octanol–water partition coefficient (Wildman–Crippen LogP) is 4.30. The molecule has 1 unspecified atom stereocenters. The van der Waals surface area contributed by atoms with Crippen LogP contribution >= 0.6 is 23.1 Å². The lowest BCUT2D eigenvalue weighted by atomic mass is 10.1. The lowest BCUT2D eigenvalue weighted by molar-refractivity contribution is -0.115. The van der Waals surface area contributed by atoms with Crippen LogP contribution in [0.15, 0.2) is 58.5 Å². The van der Waals surface area contributed by atoms with Gasteiger partial charge in [-0.15, -0.1) is 16.4 Å². The topological polar surface area (TPSA) is 92.7 Å². The third-order valence-electron chi connectivity index (χ3n) is 4.74. The first kappa shape index (κ1) is 21.3. The molecule has 160 valence electrons. The first-order chi connectivity index (χ1) is 15.0. The van der Waals surface area contributed by atoms with E-state index >= 15 is 0 Å². The van der Waals surface area contributed by atoms with Gasteiger partial charge in [0.1, 0.15) is 0 Å². The van der Waals surface area contributed by atoms with E-state index in [2.05, 4.69) is 26.6 Å². The molecule has 0 fully saturated rings. The maximum Gasteiger partial charge on any atom is 0.343 e. The van der Waals surface area contributed by atoms with E-state index in [0.29, 0.717) is 11.7 Å². The Morgan fingerprint density at radius 1 is 1.23 bits per heavy atom. The van der Waals surface area contributed by atoms with E-state index in [4.69, 9.17) is 0 Å². The summed E-state index contributed by atoms with van der Waals surface area (Å²) in [4.78, 5) is 29.1. The van der Waals surface area contributed by atoms with E-state index < -0.39 is 5.25 Å². The number of fused-ring (bicyclic) bond motifs is 1. The highest BCUT2D eigenvalue weighted by molar-refractivity contribution is 8.00. The van der Waals surface area contributed by atoms with Gasteiger partial charge in [-0.1, -0.05) is 43.0 Å². The third kappa shape index (κ3) is 5.05. The summed E-state index contributed by atoms with van der Waals surface area (Å²) in [6, 6.07) is 15.9. The van der Waals surface area contributed by atoms with Crippen LogP contribution in [0.25, 0.3) is 10.2 Å². The maximum atomic E-state index is 12.6. The normalized spacial score (nSPS) is 12.2. The Morgan fingerprint density at radius 2 is 2.00 bits per heavy atom. The predicted molar refractivity (Wildman–Crippen MR) is 126 cm³/mol. The molecule has 0 aliphatic rings. The highest BCUT2D eigenvalue weighted by Crippen LogP contribution is 2.25. The number of rotatable bonds is 8. The molecular formula is C22H23N5O2S2. The lowest BCUT2D eigenvalue weighted by Crippen LogP contribution is -2.24. The second-order valence-corrected chi connectivity index (χ2v) is 9.58. The van der Waals surface area contributed by atoms with Gasteiger partial charge in [0.15, 0.2) is 5.16 Å². The molecule has 2 aromatic carbocycles. The third-order valence-corrected chi connectivity index (χ3v) is 6.86. The Morgan fingerprint density at radius 3 is 2.74 bits per heavy atom. The minimum absolute atomic E-state index is 0.137. The number of nitrogens with one attached hydrogen (secondary N) is 2. The number of hydrogen-bond acceptors (Lipinski definition) is 6. The van der Waals surface area contributed by atoms with Crippen LogP contribution in [0.3, 0.4) is 0 Å². The van der Waals surface area contributed by atoms with Crippen molar-refractivity contribution in [1.82, 2.24) is 19.7 Å². The second-order valence-electron chi connectivity index (χ2n) is 7.16. The van der Waals surface area contributed by atoms with Crippen molar-refractivity contribution < 1.29 is 4.79 Å². The van der Waals surface area contributed by atoms with Crippen molar-refractivity contribution in [3.05, 3.63) is 69.6 Å². The monoisotopic (exact) mass is 453 g/mol. The zero-order chi connectivity index (χ0) is 21.8. The summed E-state index contributed by atoms with van der Waals surface area (Å²) in [5.74, 6) is -0.137. The van der Waals surface area contributed by atoms with Gasteiger partial charge in [-0.3, -0.25) is 9.36 Å². The number of anilines is 1. The van der Waals surface area contributed by atoms with Gasteiger partial charge in [-0.2, -0.15) is 0 Å². The average Bonchev–Trinajstić information content (AvgIpc) is 3.33. The average molecular weight is 454 g/mol. The van der Waals surface area contributed by atoms with Gasteiger partial charge >= 0.3 is 5.69 Å². The number of thiazole rings is 1. The smallest absolute Gasteiger partial charge is 0.325 e. The van der Waals surface area contributed by atoms with E-state index in [9.17, 15) is 9.59 Å². The van der Waals surface area contributed by atoms with Crippen LogP contribution in [-0.2, 0) is 17.8 Å². The van der Waals surface area contributed by atoms with E-state index in [1.54, 1.807) is 22.8 Å². The number of aromatic nitrogens is 4. The van der Waals surface area contributed by atoms with Crippen molar-refractivity contribution in [2.24, 2.45) is 0 Å². The molecule has 0 bridgehead atoms. The van der Waals surface area contributed by atoms with Crippen LogP contribution < -0.4 is 11.0 Å². The van der Waals surface area contributed by atoms with Crippen molar-refractivity contribution in [1.29, 1.82) is 0 Å². The highest BCUT2D eigenvalue weighted by Gasteiger charge is 2.19. The molecule has 2 heterocycles. The van der Waals surface area contributed by atoms with E-state index in [1.807, 2.05) is 49.4 Å². The Balaban J connectivity index is 1.36. The minimum Gasteiger partial charge on any atom is -0.325 e. The molecule has 4 rings (SSSR count). The Hall–Kier alpha value is -2.91. The van der Waals surface area contributed by atoms with Crippen LogP contribution in [0.2, 0.25) is 0 Å². The van der Waals surface area contributed by atoms with Gasteiger partial charge < -0.3 is 5.32 Å². The number of carbonyl (C=O) groups excluding carboxylic acids is 1. The summed E-state index contributed by atoms with van der Waals surface area (Å²) in [6.07, 6.45) is 1.57. The molecule has 0 radical (unpaired) electrons. The fourth-order valence-corrected chi connectivity index (χ4v) is 5.03. The minimum atomic E-state index is -0.395. The van der Waals surface area contributed by atoms with Gasteiger partial charge in [0, 0.05) is 18.7 Å². The maximum absolute atomic E-state index is 12.6. The molecule has 2 N–H and O–H groups in total. The number of nitrogens with zero attached hydrogens (tertiary/aromatic N) is 3. The molecule has 7 nitrogen and oxygen atoms in total. The summed E-state index contributed by atoms with van der Waals surface area (Å²) < 4.78 is 2.75. The van der Waals surface area contributed by atoms with Crippen molar-refractivity contribution >= 4 is 44.9 Å². The zero-order valence-corrected chi connectivity index (χ0v) is 18.9. The number of aromatic amines is 1. The molecule has 4 aromatic rings. The molecule has 0 saturated heterocycles. The van der Waals surface area contributed by atoms with Crippen LogP contribution in [0.1, 0.15) is 30.8 Å². The summed E-state index contributed by atoms with van der Waals surface area (Å²) in [6.45, 7) is 4.36. The SMILES string of the molecule is CCCn1c(SC(C)C(=O)Nc2ccc(Cc3nc4ccccc4s3)cc2)n[nH]c1=O. The molecule has 1 amide bonds. The second kappa shape index (κ2) is 9.49. The number of H-pyrrole nitrogens is 1. The fourth-order valence-electron chi connectivity index (χ4n) is 3.15. The summed E-state index contributed by atoms with van der Waals surface area (Å²) in [7, 11) is 0. The number of carbonyl (C=O) groups is 1. The lowest BCUT2D eigenvalue weighted by Gasteiger charge is -2.12. The summed E-state index contributed by atoms with van der Waals surface area (Å²) in [5, 5.41) is 10.6. The van der Waals surface area contributed by atoms with E-state index in [1.165, 1.54) is 16.5 Å². The van der Waals surface area contributed by atoms with Gasteiger partial charge in [0.2, 0.25) is 5.91 Å². The molecule has 2 aromatic heterocycles. The number of para-hydroxylation sites is 1. The zero-order valence-electron chi connectivity index (χ0n) is 17.3. The molecule has 0 aliphatic heterocycles. The largest absolute Gasteiger partial charge is 0.343 e. The molecule has 0 spiro atoms. The molecule has 31 heavy (non-hydrogen) atoms. The van der Waals surface area contributed by atoms with Crippen LogP contribution in [0, 0.1) is 0 Å². The van der Waals surface area contributed by atoms with Crippen LogP contribution in [0.5, 0.6) is 0 Å². The van der Waals surface area contributed by atoms with E-state index in [0.717, 1.165) is 34.6 Å². The quantitative estimate of drug-likeness (QED) is 0.388. The van der Waals surface area contributed by atoms with Crippen molar-refractivity contribution in [2.75, 3.05) is 5.32 Å². The number of benzene rings is 2. The number of thioether (sulfide) groups is 1. The van der Waals surface area contributed by atoms with Crippen molar-refractivity contribution in [3.63, 3.8) is 0 Å². The Labute approximate surface area is 187 Å². The number of amides is 1. The fraction of sp³-hybridized carbons (Fsp3) is 0.273. The van der Waals surface area contributed by atoms with Gasteiger partial charge in [0.05, 0.1) is 20.5 Å². The van der Waals surface area contributed by atoms with Gasteiger partial charge in [-0.05, 0) is 43.2 Å². The summed E-state index contributed by atoms with van der Waals surface area (Å²) in [5.41, 5.74) is 2.65. The molecular weight excluding hydrogens is 430 g/mol. The van der Waals surface area contributed by atoms with Gasteiger partial charge in [-0.25, -0.2) is 14.9 Å². The van der Waals surface area contributed by atoms with Crippen molar-refractivity contribution in [2.45, 2.75) is 43.6 Å². The highest BCUT2D eigenvalue weighted by atomic mass is 32.2. The van der Waals surface area contributed by atoms with E-state index in [-0.39, 0.29) is 11.6 Å². The summed E-state index contributed by atoms with van der Waals surface area (Å²) >= 11 is 2.97. The molecule has 9 heteroatoms.